The van der Waals surface area contributed by atoms with E-state index in [2.05, 4.69) is 10.6 Å². The molecule has 2 aromatic rings. The number of nitrogens with one attached hydrogen (secondary N) is 2. The van der Waals surface area contributed by atoms with E-state index in [9.17, 15) is 59.9 Å². The van der Waals surface area contributed by atoms with Gasteiger partial charge in [-0.05, 0) is 19.3 Å². The number of carboxylic acids is 1. The number of carbonyl (C=O) groups is 3. The second-order valence-electron chi connectivity index (χ2n) is 7.62. The van der Waals surface area contributed by atoms with Crippen molar-refractivity contribution >= 4 is 40.5 Å². The van der Waals surface area contributed by atoms with Crippen molar-refractivity contribution in [1.82, 2.24) is 10.6 Å². The fourth-order valence-electron chi connectivity index (χ4n) is 3.15. The van der Waals surface area contributed by atoms with Crippen molar-refractivity contribution in [3.05, 3.63) is 88.0 Å². The molecule has 0 aliphatic carbocycles. The van der Waals surface area contributed by atoms with Crippen LogP contribution in [-0.4, -0.2) is 55.2 Å². The zero-order valence-corrected chi connectivity index (χ0v) is 19.1. The van der Waals surface area contributed by atoms with Crippen LogP contribution >= 0.6 is 0 Å². The van der Waals surface area contributed by atoms with Crippen LogP contribution in [0.2, 0.25) is 0 Å². The van der Waals surface area contributed by atoms with Gasteiger partial charge in [0.25, 0.3) is 34.6 Å². The summed E-state index contributed by atoms with van der Waals surface area (Å²) in [5.74, 6) is -3.39. The molecule has 18 heteroatoms. The second-order valence-corrected chi connectivity index (χ2v) is 7.62. The Morgan fingerprint density at radius 2 is 1.08 bits per heavy atom. The topological polar surface area (TPSA) is 268 Å². The van der Waals surface area contributed by atoms with Gasteiger partial charge in [0.2, 0.25) is 0 Å². The van der Waals surface area contributed by atoms with Crippen LogP contribution in [0.3, 0.4) is 0 Å². The van der Waals surface area contributed by atoms with Crippen molar-refractivity contribution in [3.8, 4) is 0 Å². The highest BCUT2D eigenvalue weighted by molar-refractivity contribution is 5.98. The third kappa shape index (κ3) is 7.73. The maximum atomic E-state index is 12.4. The number of hydrogen-bond acceptors (Lipinski definition) is 11. The number of nitrogens with zero attached hydrogens (tertiary/aromatic N) is 4. The average molecular weight is 534 g/mol. The van der Waals surface area contributed by atoms with E-state index in [0.29, 0.717) is 12.1 Å². The summed E-state index contributed by atoms with van der Waals surface area (Å²) in [6.45, 7) is -0.0489. The number of nitro benzene ring substituents is 4. The highest BCUT2D eigenvalue weighted by atomic mass is 16.6. The first-order valence-electron chi connectivity index (χ1n) is 10.5. The summed E-state index contributed by atoms with van der Waals surface area (Å²) in [6.07, 6.45) is 0.142. The van der Waals surface area contributed by atoms with Gasteiger partial charge in [-0.2, -0.15) is 0 Å². The Hall–Kier alpha value is -5.55. The quantitative estimate of drug-likeness (QED) is 0.189. The predicted molar refractivity (Wildman–Crippen MR) is 125 cm³/mol. The molecule has 3 N–H and O–H groups in total. The molecule has 0 radical (unpaired) electrons. The SMILES string of the molecule is O=C(NCCCCC(NC(=O)c1cc([N+](=O)[O-])cc([N+](=O)[O-])c1)C(=O)O)c1cc([N+](=O)[O-])cc([N+](=O)[O-])c1. The minimum Gasteiger partial charge on any atom is -0.480 e. The summed E-state index contributed by atoms with van der Waals surface area (Å²) in [5, 5.41) is 57.7. The summed E-state index contributed by atoms with van der Waals surface area (Å²) in [4.78, 5) is 76.4. The molecule has 0 saturated carbocycles. The molecule has 38 heavy (non-hydrogen) atoms. The molecular weight excluding hydrogens is 516 g/mol. The lowest BCUT2D eigenvalue weighted by Gasteiger charge is -2.14. The molecule has 0 fully saturated rings. The van der Waals surface area contributed by atoms with Gasteiger partial charge in [-0.15, -0.1) is 0 Å². The van der Waals surface area contributed by atoms with Crippen LogP contribution in [0, 0.1) is 40.5 Å². The average Bonchev–Trinajstić information content (AvgIpc) is 2.86. The van der Waals surface area contributed by atoms with Crippen LogP contribution in [0.25, 0.3) is 0 Å². The number of benzene rings is 2. The van der Waals surface area contributed by atoms with Crippen molar-refractivity contribution in [2.75, 3.05) is 6.54 Å². The van der Waals surface area contributed by atoms with E-state index in [4.69, 9.17) is 0 Å². The van der Waals surface area contributed by atoms with Gasteiger partial charge in [0.15, 0.2) is 0 Å². The van der Waals surface area contributed by atoms with Gasteiger partial charge in [0.1, 0.15) is 6.04 Å². The van der Waals surface area contributed by atoms with Crippen LogP contribution in [0.4, 0.5) is 22.7 Å². The number of carbonyl (C=O) groups excluding carboxylic acids is 2. The highest BCUT2D eigenvalue weighted by Gasteiger charge is 2.24. The number of unbranched alkanes of at least 4 members (excludes halogenated alkanes) is 1. The van der Waals surface area contributed by atoms with Gasteiger partial charge in [0.05, 0.1) is 43.0 Å². The lowest BCUT2D eigenvalue weighted by molar-refractivity contribution is -0.394. The van der Waals surface area contributed by atoms with E-state index in [1.807, 2.05) is 0 Å². The Bertz CT molecular complexity index is 1260. The standard InChI is InChI=1S/C20H18N6O12/c27-18(11-5-13(23(31)32)9-14(6-11)24(33)34)21-4-2-1-3-17(20(29)30)22-19(28)12-7-15(25(35)36)10-16(8-12)26(37)38/h5-10,17H,1-4H2,(H,21,27)(H,22,28)(H,29,30). The zero-order valence-electron chi connectivity index (χ0n) is 19.1. The molecule has 0 aromatic heterocycles. The van der Waals surface area contributed by atoms with E-state index < -0.39 is 71.8 Å². The highest BCUT2D eigenvalue weighted by Crippen LogP contribution is 2.24. The molecular formula is C20H18N6O12. The fraction of sp³-hybridized carbons (Fsp3) is 0.250. The number of rotatable bonds is 13. The maximum Gasteiger partial charge on any atom is 0.326 e. The van der Waals surface area contributed by atoms with Crippen LogP contribution in [0.5, 0.6) is 0 Å². The monoisotopic (exact) mass is 534 g/mol. The Morgan fingerprint density at radius 3 is 1.45 bits per heavy atom. The van der Waals surface area contributed by atoms with E-state index in [-0.39, 0.29) is 31.4 Å². The Balaban J connectivity index is 1.97. The van der Waals surface area contributed by atoms with Gasteiger partial charge in [0, 0.05) is 30.8 Å². The van der Waals surface area contributed by atoms with Gasteiger partial charge in [-0.1, -0.05) is 0 Å². The Labute approximate surface area is 210 Å². The third-order valence-corrected chi connectivity index (χ3v) is 4.98. The van der Waals surface area contributed by atoms with Crippen molar-refractivity contribution in [2.45, 2.75) is 25.3 Å². The first kappa shape index (κ1) is 28.7. The molecule has 0 heterocycles. The van der Waals surface area contributed by atoms with Crippen LogP contribution < -0.4 is 10.6 Å². The number of non-ortho nitro benzene ring substituents is 4. The van der Waals surface area contributed by atoms with E-state index in [1.54, 1.807) is 0 Å². The lowest BCUT2D eigenvalue weighted by atomic mass is 10.1. The molecule has 0 spiro atoms. The number of hydrogen-bond donors (Lipinski definition) is 3. The Kier molecular flexibility index (Phi) is 9.38. The van der Waals surface area contributed by atoms with Gasteiger partial charge in [-0.3, -0.25) is 50.0 Å². The van der Waals surface area contributed by atoms with Crippen LogP contribution in [-0.2, 0) is 4.79 Å². The summed E-state index contributed by atoms with van der Waals surface area (Å²) < 4.78 is 0. The van der Waals surface area contributed by atoms with Crippen molar-refractivity contribution in [1.29, 1.82) is 0 Å². The van der Waals surface area contributed by atoms with E-state index >= 15 is 0 Å². The molecule has 200 valence electrons. The largest absolute Gasteiger partial charge is 0.480 e. The summed E-state index contributed by atoms with van der Waals surface area (Å²) in [6, 6.07) is 3.10. The molecule has 1 atom stereocenters. The maximum absolute atomic E-state index is 12.4. The molecule has 0 aliphatic heterocycles. The number of aliphatic carboxylic acids is 1. The third-order valence-electron chi connectivity index (χ3n) is 4.98. The van der Waals surface area contributed by atoms with Gasteiger partial charge in [-0.25, -0.2) is 4.79 Å². The number of amides is 2. The number of nitro groups is 4. The predicted octanol–water partition coefficient (Wildman–Crippen LogP) is 2.10. The normalized spacial score (nSPS) is 11.2. The van der Waals surface area contributed by atoms with E-state index in [0.717, 1.165) is 24.3 Å². The van der Waals surface area contributed by atoms with Gasteiger partial charge < -0.3 is 15.7 Å². The molecule has 0 aliphatic rings. The Morgan fingerprint density at radius 1 is 0.684 bits per heavy atom. The molecule has 2 rings (SSSR count). The van der Waals surface area contributed by atoms with Crippen LogP contribution in [0.1, 0.15) is 40.0 Å². The molecule has 0 saturated heterocycles. The van der Waals surface area contributed by atoms with Crippen molar-refractivity contribution in [3.63, 3.8) is 0 Å². The van der Waals surface area contributed by atoms with Crippen molar-refractivity contribution < 1.29 is 39.2 Å². The smallest absolute Gasteiger partial charge is 0.326 e. The molecule has 1 unspecified atom stereocenters. The molecule has 2 aromatic carbocycles. The molecule has 2 amide bonds. The van der Waals surface area contributed by atoms with Crippen LogP contribution in [0.15, 0.2) is 36.4 Å². The molecule has 0 bridgehead atoms. The zero-order chi connectivity index (χ0) is 28.6. The fourth-order valence-corrected chi connectivity index (χ4v) is 3.15. The molecule has 18 nitrogen and oxygen atoms in total. The minimum atomic E-state index is -1.48. The lowest BCUT2D eigenvalue weighted by Crippen LogP contribution is -2.40. The first-order chi connectivity index (χ1) is 17.8. The van der Waals surface area contributed by atoms with Gasteiger partial charge >= 0.3 is 5.97 Å². The summed E-state index contributed by atoms with van der Waals surface area (Å²) >= 11 is 0. The minimum absolute atomic E-state index is 0.0489. The first-order valence-corrected chi connectivity index (χ1v) is 10.5. The summed E-state index contributed by atoms with van der Waals surface area (Å²) in [7, 11) is 0. The van der Waals surface area contributed by atoms with Crippen molar-refractivity contribution in [2.24, 2.45) is 0 Å². The number of carboxylic acid groups (broad SMARTS) is 1. The summed E-state index contributed by atoms with van der Waals surface area (Å²) in [5.41, 5.74) is -3.60. The van der Waals surface area contributed by atoms with E-state index in [1.165, 1.54) is 0 Å². The second kappa shape index (κ2) is 12.4.